The predicted molar refractivity (Wildman–Crippen MR) is 122 cm³/mol. The molecule has 1 saturated heterocycles. The minimum absolute atomic E-state index is 0.0367. The summed E-state index contributed by atoms with van der Waals surface area (Å²) in [6.45, 7) is 10.2. The molecule has 0 bridgehead atoms. The number of guanidine groups is 1. The van der Waals surface area contributed by atoms with Crippen molar-refractivity contribution in [2.24, 2.45) is 4.99 Å². The van der Waals surface area contributed by atoms with Crippen molar-refractivity contribution in [1.29, 1.82) is 0 Å². The van der Waals surface area contributed by atoms with Gasteiger partial charge in [-0.15, -0.1) is 0 Å². The van der Waals surface area contributed by atoms with Gasteiger partial charge in [0.05, 0.1) is 26.8 Å². The lowest BCUT2D eigenvalue weighted by molar-refractivity contribution is -0.122. The van der Waals surface area contributed by atoms with Crippen molar-refractivity contribution >= 4 is 11.9 Å². The number of hydrogen-bond acceptors (Lipinski definition) is 6. The monoisotopic (exact) mass is 435 g/mol. The van der Waals surface area contributed by atoms with E-state index >= 15 is 0 Å². The van der Waals surface area contributed by atoms with Crippen molar-refractivity contribution < 1.29 is 19.0 Å². The van der Waals surface area contributed by atoms with Crippen LogP contribution in [0.2, 0.25) is 0 Å². The Morgan fingerprint density at radius 3 is 2.58 bits per heavy atom. The molecule has 1 atom stereocenters. The summed E-state index contributed by atoms with van der Waals surface area (Å²) < 4.78 is 16.2. The Morgan fingerprint density at radius 1 is 1.16 bits per heavy atom. The van der Waals surface area contributed by atoms with Gasteiger partial charge < -0.3 is 29.7 Å². The van der Waals surface area contributed by atoms with Crippen molar-refractivity contribution in [2.45, 2.75) is 20.0 Å². The zero-order valence-corrected chi connectivity index (χ0v) is 19.2. The van der Waals surface area contributed by atoms with Gasteiger partial charge in [0.2, 0.25) is 5.91 Å². The molecule has 1 heterocycles. The first kappa shape index (κ1) is 24.7. The predicted octanol–water partition coefficient (Wildman–Crippen LogP) is 0.808. The normalized spacial score (nSPS) is 16.0. The first-order valence-electron chi connectivity index (χ1n) is 10.9. The minimum atomic E-state index is -0.0714. The third-order valence-corrected chi connectivity index (χ3v) is 4.88. The van der Waals surface area contributed by atoms with E-state index in [-0.39, 0.29) is 12.0 Å². The molecule has 0 radical (unpaired) electrons. The maximum absolute atomic E-state index is 12.0. The second-order valence-corrected chi connectivity index (χ2v) is 7.41. The Labute approximate surface area is 185 Å². The molecule has 0 spiro atoms. The van der Waals surface area contributed by atoms with Crippen LogP contribution in [-0.4, -0.2) is 101 Å². The summed E-state index contributed by atoms with van der Waals surface area (Å²) in [5.41, 5.74) is 0. The van der Waals surface area contributed by atoms with Crippen LogP contribution in [0.1, 0.15) is 13.8 Å². The molecule has 174 valence electrons. The molecule has 2 N–H and O–H groups in total. The largest absolute Gasteiger partial charge is 0.497 e. The number of ether oxygens (including phenoxy) is 3. The molecule has 1 unspecified atom stereocenters. The summed E-state index contributed by atoms with van der Waals surface area (Å²) in [4.78, 5) is 21.2. The average molecular weight is 436 g/mol. The van der Waals surface area contributed by atoms with E-state index in [2.05, 4.69) is 27.4 Å². The SMILES string of the molecule is CCNC(=NCC(C)Oc1cccc(OC)c1)N1CCN(CC(=O)NCCOC)CC1. The third-order valence-electron chi connectivity index (χ3n) is 4.88. The standard InChI is InChI=1S/C22H37N5O4/c1-5-23-22(25-16-18(2)31-20-8-6-7-19(15-20)30-4)27-12-10-26(11-13-27)17-21(28)24-9-14-29-3/h6-8,15,18H,5,9-14,16-17H2,1-4H3,(H,23,25)(H,24,28). The zero-order valence-electron chi connectivity index (χ0n) is 19.2. The van der Waals surface area contributed by atoms with Crippen LogP contribution >= 0.6 is 0 Å². The number of aliphatic imine (C=N–C) groups is 1. The zero-order chi connectivity index (χ0) is 22.5. The van der Waals surface area contributed by atoms with Gasteiger partial charge in [-0.25, -0.2) is 4.99 Å². The van der Waals surface area contributed by atoms with Crippen molar-refractivity contribution in [3.63, 3.8) is 0 Å². The van der Waals surface area contributed by atoms with Gasteiger partial charge in [0.1, 0.15) is 17.6 Å². The lowest BCUT2D eigenvalue weighted by atomic mass is 10.3. The molecule has 1 fully saturated rings. The summed E-state index contributed by atoms with van der Waals surface area (Å²) >= 11 is 0. The number of nitrogens with zero attached hydrogens (tertiary/aromatic N) is 3. The summed E-state index contributed by atoms with van der Waals surface area (Å²) in [5, 5.41) is 6.24. The Hall–Kier alpha value is -2.52. The van der Waals surface area contributed by atoms with Crippen molar-refractivity contribution in [2.75, 3.05) is 73.2 Å². The number of benzene rings is 1. The number of methoxy groups -OCH3 is 2. The molecule has 1 aliphatic heterocycles. The van der Waals surface area contributed by atoms with Crippen LogP contribution < -0.4 is 20.1 Å². The fourth-order valence-electron chi connectivity index (χ4n) is 3.25. The maximum Gasteiger partial charge on any atom is 0.234 e. The number of carbonyl (C=O) groups is 1. The molecule has 0 aromatic heterocycles. The molecule has 0 aliphatic carbocycles. The van der Waals surface area contributed by atoms with Crippen LogP contribution in [0.3, 0.4) is 0 Å². The van der Waals surface area contributed by atoms with E-state index < -0.39 is 0 Å². The quantitative estimate of drug-likeness (QED) is 0.302. The van der Waals surface area contributed by atoms with Crippen molar-refractivity contribution in [1.82, 2.24) is 20.4 Å². The van der Waals surface area contributed by atoms with E-state index in [0.717, 1.165) is 50.2 Å². The van der Waals surface area contributed by atoms with Crippen LogP contribution in [0.4, 0.5) is 0 Å². The number of piperazine rings is 1. The molecule has 1 aromatic carbocycles. The highest BCUT2D eigenvalue weighted by molar-refractivity contribution is 5.80. The van der Waals surface area contributed by atoms with Gasteiger partial charge in [-0.1, -0.05) is 6.07 Å². The molecule has 2 rings (SSSR count). The Kier molecular flexibility index (Phi) is 10.9. The highest BCUT2D eigenvalue weighted by Crippen LogP contribution is 2.20. The molecular weight excluding hydrogens is 398 g/mol. The van der Waals surface area contributed by atoms with Crippen LogP contribution in [0.25, 0.3) is 0 Å². The summed E-state index contributed by atoms with van der Waals surface area (Å²) in [5.74, 6) is 2.46. The van der Waals surface area contributed by atoms with Crippen LogP contribution in [0.5, 0.6) is 11.5 Å². The fraction of sp³-hybridized carbons (Fsp3) is 0.636. The molecule has 1 amide bonds. The van der Waals surface area contributed by atoms with Gasteiger partial charge in [0, 0.05) is 52.4 Å². The van der Waals surface area contributed by atoms with E-state index in [1.165, 1.54) is 0 Å². The maximum atomic E-state index is 12.0. The van der Waals surface area contributed by atoms with Crippen LogP contribution in [-0.2, 0) is 9.53 Å². The molecule has 1 aromatic rings. The second kappa shape index (κ2) is 13.7. The van der Waals surface area contributed by atoms with Crippen molar-refractivity contribution in [3.05, 3.63) is 24.3 Å². The van der Waals surface area contributed by atoms with E-state index in [4.69, 9.17) is 19.2 Å². The van der Waals surface area contributed by atoms with Crippen LogP contribution in [0.15, 0.2) is 29.3 Å². The number of carbonyl (C=O) groups excluding carboxylic acids is 1. The first-order chi connectivity index (χ1) is 15.0. The third kappa shape index (κ3) is 9.02. The average Bonchev–Trinajstić information content (AvgIpc) is 2.77. The Morgan fingerprint density at radius 2 is 1.90 bits per heavy atom. The topological polar surface area (TPSA) is 87.7 Å². The van der Waals surface area contributed by atoms with Gasteiger partial charge in [-0.3, -0.25) is 9.69 Å². The molecular formula is C22H37N5O4. The van der Waals surface area contributed by atoms with Gasteiger partial charge in [0.15, 0.2) is 5.96 Å². The highest BCUT2D eigenvalue weighted by atomic mass is 16.5. The molecule has 31 heavy (non-hydrogen) atoms. The Balaban J connectivity index is 1.82. The minimum Gasteiger partial charge on any atom is -0.497 e. The number of hydrogen-bond donors (Lipinski definition) is 2. The summed E-state index contributed by atoms with van der Waals surface area (Å²) in [7, 11) is 3.27. The fourth-order valence-corrected chi connectivity index (χ4v) is 3.25. The van der Waals surface area contributed by atoms with E-state index in [1.807, 2.05) is 31.2 Å². The lowest BCUT2D eigenvalue weighted by Gasteiger charge is -2.36. The second-order valence-electron chi connectivity index (χ2n) is 7.41. The van der Waals surface area contributed by atoms with Gasteiger partial charge in [-0.2, -0.15) is 0 Å². The smallest absolute Gasteiger partial charge is 0.234 e. The molecule has 0 saturated carbocycles. The van der Waals surface area contributed by atoms with Gasteiger partial charge >= 0.3 is 0 Å². The van der Waals surface area contributed by atoms with Crippen LogP contribution in [0, 0.1) is 0 Å². The number of nitrogens with one attached hydrogen (secondary N) is 2. The molecule has 1 aliphatic rings. The lowest BCUT2D eigenvalue weighted by Crippen LogP contribution is -2.54. The highest BCUT2D eigenvalue weighted by Gasteiger charge is 2.21. The van der Waals surface area contributed by atoms with E-state index in [9.17, 15) is 4.79 Å². The van der Waals surface area contributed by atoms with E-state index in [1.54, 1.807) is 14.2 Å². The van der Waals surface area contributed by atoms with Crippen molar-refractivity contribution in [3.8, 4) is 11.5 Å². The Bertz CT molecular complexity index is 692. The summed E-state index contributed by atoms with van der Waals surface area (Å²) in [6.07, 6.45) is -0.0714. The van der Waals surface area contributed by atoms with Gasteiger partial charge in [-0.05, 0) is 26.0 Å². The molecule has 9 nitrogen and oxygen atoms in total. The number of amides is 1. The number of rotatable bonds is 11. The summed E-state index contributed by atoms with van der Waals surface area (Å²) in [6, 6.07) is 7.59. The first-order valence-corrected chi connectivity index (χ1v) is 10.9. The molecule has 9 heteroatoms. The van der Waals surface area contributed by atoms with E-state index in [0.29, 0.717) is 26.2 Å². The van der Waals surface area contributed by atoms with Gasteiger partial charge in [0.25, 0.3) is 0 Å².